The number of carbonyl (C=O) groups is 1. The molecule has 0 fully saturated rings. The highest BCUT2D eigenvalue weighted by Crippen LogP contribution is 2.28. The van der Waals surface area contributed by atoms with Crippen molar-refractivity contribution in [2.24, 2.45) is 0 Å². The van der Waals surface area contributed by atoms with E-state index in [2.05, 4.69) is 23.8 Å². The van der Waals surface area contributed by atoms with Gasteiger partial charge in [0.05, 0.1) is 19.1 Å². The van der Waals surface area contributed by atoms with Crippen LogP contribution in [0.2, 0.25) is 0 Å². The number of nitrogens with zero attached hydrogens (tertiary/aromatic N) is 1. The van der Waals surface area contributed by atoms with Gasteiger partial charge >= 0.3 is 0 Å². The summed E-state index contributed by atoms with van der Waals surface area (Å²) < 4.78 is 37.2. The monoisotopic (exact) mass is 501 g/mol. The first kappa shape index (κ1) is 26.8. The summed E-state index contributed by atoms with van der Waals surface area (Å²) in [5.41, 5.74) is 1.26. The van der Waals surface area contributed by atoms with Crippen LogP contribution in [0.25, 0.3) is 6.08 Å². The van der Waals surface area contributed by atoms with Crippen molar-refractivity contribution in [3.05, 3.63) is 79.4 Å². The van der Waals surface area contributed by atoms with Gasteiger partial charge in [0.2, 0.25) is 15.9 Å². The highest BCUT2D eigenvalue weighted by Gasteiger charge is 2.22. The quantitative estimate of drug-likeness (QED) is 0.276. The molecule has 0 spiro atoms. The lowest BCUT2D eigenvalue weighted by Gasteiger charge is -2.19. The zero-order valence-electron chi connectivity index (χ0n) is 19.0. The first-order valence-corrected chi connectivity index (χ1v) is 11.9. The van der Waals surface area contributed by atoms with Crippen LogP contribution in [-0.4, -0.2) is 51.1 Å². The molecule has 0 saturated carbocycles. The van der Waals surface area contributed by atoms with Crippen molar-refractivity contribution >= 4 is 45.0 Å². The average Bonchev–Trinajstić information content (AvgIpc) is 2.82. The molecule has 0 aliphatic carbocycles. The number of rotatable bonds is 11. The third-order valence-electron chi connectivity index (χ3n) is 4.49. The normalized spacial score (nSPS) is 11.1. The minimum absolute atomic E-state index is 0.0671. The fourth-order valence-corrected chi connectivity index (χ4v) is 4.46. The summed E-state index contributed by atoms with van der Waals surface area (Å²) in [7, 11) is -0.625. The number of thiocarbonyl (C=S) groups is 1. The van der Waals surface area contributed by atoms with Crippen LogP contribution in [-0.2, 0) is 14.8 Å². The number of sulfonamides is 1. The number of anilines is 1. The van der Waals surface area contributed by atoms with Gasteiger partial charge in [0, 0.05) is 24.9 Å². The molecule has 10 heteroatoms. The van der Waals surface area contributed by atoms with Crippen LogP contribution >= 0.6 is 12.2 Å². The molecule has 0 heterocycles. The first-order valence-electron chi connectivity index (χ1n) is 10.1. The van der Waals surface area contributed by atoms with Crippen LogP contribution in [0.1, 0.15) is 5.56 Å². The number of hydrogen-bond acceptors (Lipinski definition) is 6. The Kier molecular flexibility index (Phi) is 9.99. The molecule has 0 unspecified atom stereocenters. The largest absolute Gasteiger partial charge is 0.493 e. The Morgan fingerprint density at radius 3 is 2.21 bits per heavy atom. The fourth-order valence-electron chi connectivity index (χ4n) is 2.86. The fraction of sp³-hybridized carbons (Fsp3) is 0.167. The number of methoxy groups -OCH3 is 2. The Labute approximate surface area is 205 Å². The van der Waals surface area contributed by atoms with Crippen LogP contribution in [0, 0.1) is 0 Å². The van der Waals surface area contributed by atoms with Crippen LogP contribution < -0.4 is 20.1 Å². The lowest BCUT2D eigenvalue weighted by molar-refractivity contribution is -0.115. The van der Waals surface area contributed by atoms with Gasteiger partial charge in [0.15, 0.2) is 16.6 Å². The maximum absolute atomic E-state index is 12.8. The number of benzene rings is 2. The number of ether oxygens (including phenoxy) is 2. The number of hydrogen-bond donors (Lipinski definition) is 2. The molecule has 0 aromatic heterocycles. The zero-order valence-corrected chi connectivity index (χ0v) is 20.6. The second-order valence-electron chi connectivity index (χ2n) is 6.81. The van der Waals surface area contributed by atoms with Gasteiger partial charge in [0.1, 0.15) is 0 Å². The van der Waals surface area contributed by atoms with Gasteiger partial charge in [-0.1, -0.05) is 18.2 Å². The van der Waals surface area contributed by atoms with Crippen molar-refractivity contribution in [1.29, 1.82) is 0 Å². The van der Waals surface area contributed by atoms with Crippen molar-refractivity contribution < 1.29 is 22.7 Å². The first-order chi connectivity index (χ1) is 16.2. The van der Waals surface area contributed by atoms with E-state index in [4.69, 9.17) is 21.7 Å². The summed E-state index contributed by atoms with van der Waals surface area (Å²) in [6.07, 6.45) is 5.96. The molecule has 2 N–H and O–H groups in total. The Morgan fingerprint density at radius 1 is 1.03 bits per heavy atom. The Morgan fingerprint density at radius 2 is 1.65 bits per heavy atom. The Hall–Kier alpha value is -3.47. The molecule has 2 aromatic carbocycles. The molecule has 0 aliphatic heterocycles. The summed E-state index contributed by atoms with van der Waals surface area (Å²) in [5.74, 6) is 0.697. The van der Waals surface area contributed by atoms with Crippen molar-refractivity contribution in [1.82, 2.24) is 9.62 Å². The smallest absolute Gasteiger partial charge is 0.250 e. The average molecular weight is 502 g/mol. The molecule has 0 radical (unpaired) electrons. The summed E-state index contributed by atoms with van der Waals surface area (Å²) >= 11 is 5.17. The van der Waals surface area contributed by atoms with Crippen LogP contribution in [0.3, 0.4) is 0 Å². The number of nitrogens with one attached hydrogen (secondary N) is 2. The highest BCUT2D eigenvalue weighted by atomic mass is 32.2. The minimum atomic E-state index is -3.70. The van der Waals surface area contributed by atoms with Crippen LogP contribution in [0.15, 0.2) is 78.7 Å². The SMILES string of the molecule is C=CCN(CC=C)S(=O)(=O)c1ccc(NC(=S)NC(=O)C=Cc2ccc(OC)c(OC)c2)cc1. The van der Waals surface area contributed by atoms with E-state index in [0.717, 1.165) is 5.56 Å². The third kappa shape index (κ3) is 7.27. The molecule has 0 saturated heterocycles. The van der Waals surface area contributed by atoms with Crippen molar-refractivity contribution in [2.45, 2.75) is 4.90 Å². The standard InChI is InChI=1S/C24H27N3O5S2/c1-5-15-27(16-6-2)34(29,30)20-11-9-19(10-12-20)25-24(33)26-23(28)14-8-18-7-13-21(31-3)22(17-18)32-4/h5-14,17H,1-2,15-16H2,3-4H3,(H2,25,26,28,33). The molecule has 1 amide bonds. The molecular formula is C24H27N3O5S2. The third-order valence-corrected chi connectivity index (χ3v) is 6.54. The van der Waals surface area contributed by atoms with E-state index in [-0.39, 0.29) is 23.1 Å². The molecular weight excluding hydrogens is 474 g/mol. The summed E-state index contributed by atoms with van der Waals surface area (Å²) in [6.45, 7) is 7.52. The summed E-state index contributed by atoms with van der Waals surface area (Å²) in [5, 5.41) is 5.45. The number of carbonyl (C=O) groups excluding carboxylic acids is 1. The minimum Gasteiger partial charge on any atom is -0.493 e. The van der Waals surface area contributed by atoms with Crippen molar-refractivity contribution in [3.63, 3.8) is 0 Å². The van der Waals surface area contributed by atoms with E-state index in [1.54, 1.807) is 43.5 Å². The molecule has 34 heavy (non-hydrogen) atoms. The molecule has 2 aromatic rings. The second-order valence-corrected chi connectivity index (χ2v) is 9.16. The van der Waals surface area contributed by atoms with Crippen LogP contribution in [0.5, 0.6) is 11.5 Å². The number of amides is 1. The van der Waals surface area contributed by atoms with E-state index in [9.17, 15) is 13.2 Å². The predicted octanol–water partition coefficient (Wildman–Crippen LogP) is 3.59. The maximum atomic E-state index is 12.8. The lowest BCUT2D eigenvalue weighted by atomic mass is 10.2. The Bertz CT molecular complexity index is 1170. The topological polar surface area (TPSA) is 97.0 Å². The molecule has 180 valence electrons. The van der Waals surface area contributed by atoms with E-state index >= 15 is 0 Å². The van der Waals surface area contributed by atoms with Gasteiger partial charge in [-0.25, -0.2) is 8.42 Å². The van der Waals surface area contributed by atoms with Gasteiger partial charge in [-0.2, -0.15) is 4.31 Å². The Balaban J connectivity index is 1.99. The van der Waals surface area contributed by atoms with Gasteiger partial charge < -0.3 is 14.8 Å². The molecule has 2 rings (SSSR count). The van der Waals surface area contributed by atoms with Gasteiger partial charge in [-0.05, 0) is 60.3 Å². The van der Waals surface area contributed by atoms with Gasteiger partial charge in [-0.15, -0.1) is 13.2 Å². The van der Waals surface area contributed by atoms with Gasteiger partial charge in [-0.3, -0.25) is 10.1 Å². The van der Waals surface area contributed by atoms with Crippen LogP contribution in [0.4, 0.5) is 5.69 Å². The van der Waals surface area contributed by atoms with Crippen molar-refractivity contribution in [3.8, 4) is 11.5 Å². The highest BCUT2D eigenvalue weighted by molar-refractivity contribution is 7.89. The molecule has 8 nitrogen and oxygen atoms in total. The van der Waals surface area contributed by atoms with Crippen molar-refractivity contribution in [2.75, 3.05) is 32.6 Å². The molecule has 0 aliphatic rings. The van der Waals surface area contributed by atoms with Gasteiger partial charge in [0.25, 0.3) is 0 Å². The van der Waals surface area contributed by atoms with E-state index in [0.29, 0.717) is 17.2 Å². The maximum Gasteiger partial charge on any atom is 0.250 e. The van der Waals surface area contributed by atoms with E-state index < -0.39 is 15.9 Å². The summed E-state index contributed by atoms with van der Waals surface area (Å²) in [6, 6.07) is 11.3. The predicted molar refractivity (Wildman–Crippen MR) is 139 cm³/mol. The molecule has 0 bridgehead atoms. The lowest BCUT2D eigenvalue weighted by Crippen LogP contribution is -2.33. The van der Waals surface area contributed by atoms with E-state index in [1.165, 1.54) is 41.8 Å². The summed E-state index contributed by atoms with van der Waals surface area (Å²) in [4.78, 5) is 12.3. The molecule has 0 atom stereocenters. The van der Waals surface area contributed by atoms with E-state index in [1.807, 2.05) is 0 Å². The zero-order chi connectivity index (χ0) is 25.1. The second kappa shape index (κ2) is 12.7.